The molecule has 0 atom stereocenters. The highest BCUT2D eigenvalue weighted by Crippen LogP contribution is 2.15. The summed E-state index contributed by atoms with van der Waals surface area (Å²) in [5, 5.41) is 4.48. The van der Waals surface area contributed by atoms with Crippen molar-refractivity contribution in [1.82, 2.24) is 14.8 Å². The lowest BCUT2D eigenvalue weighted by Gasteiger charge is -1.98. The van der Waals surface area contributed by atoms with Crippen LogP contribution in [0, 0.1) is 13.8 Å². The van der Waals surface area contributed by atoms with Crippen LogP contribution in [0.2, 0.25) is 0 Å². The average Bonchev–Trinajstić information content (AvgIpc) is 2.47. The number of hydrogen-bond donors (Lipinski definition) is 0. The van der Waals surface area contributed by atoms with Crippen LogP contribution in [0.1, 0.15) is 11.5 Å². The predicted molar refractivity (Wildman–Crippen MR) is 57.1 cm³/mol. The van der Waals surface area contributed by atoms with Crippen LogP contribution in [0.15, 0.2) is 18.3 Å². The zero-order valence-corrected chi connectivity index (χ0v) is 9.52. The first-order chi connectivity index (χ1) is 7.11. The highest BCUT2D eigenvalue weighted by molar-refractivity contribution is 5.54. The molecule has 0 aromatic carbocycles. The van der Waals surface area contributed by atoms with E-state index in [9.17, 15) is 0 Å². The first-order valence-corrected chi connectivity index (χ1v) is 4.93. The SMILES string of the molecule is Cc1ncccc1-c1nn(C)c(C)[n+]1C. The molecule has 0 saturated heterocycles. The minimum atomic E-state index is 0.959. The summed E-state index contributed by atoms with van der Waals surface area (Å²) in [6.45, 7) is 4.04. The Hall–Kier alpha value is -1.71. The van der Waals surface area contributed by atoms with E-state index in [0.29, 0.717) is 0 Å². The maximum atomic E-state index is 4.48. The van der Waals surface area contributed by atoms with Gasteiger partial charge in [0.2, 0.25) is 5.82 Å². The Morgan fingerprint density at radius 1 is 1.33 bits per heavy atom. The predicted octanol–water partition coefficient (Wildman–Crippen LogP) is 0.923. The molecule has 0 amide bonds. The monoisotopic (exact) mass is 203 g/mol. The van der Waals surface area contributed by atoms with Crippen molar-refractivity contribution in [1.29, 1.82) is 0 Å². The van der Waals surface area contributed by atoms with Crippen LogP contribution in [0.3, 0.4) is 0 Å². The van der Waals surface area contributed by atoms with Gasteiger partial charge in [0.15, 0.2) is 0 Å². The van der Waals surface area contributed by atoms with Crippen molar-refractivity contribution in [3.05, 3.63) is 29.8 Å². The summed E-state index contributed by atoms with van der Waals surface area (Å²) in [4.78, 5) is 4.27. The van der Waals surface area contributed by atoms with E-state index < -0.39 is 0 Å². The van der Waals surface area contributed by atoms with E-state index >= 15 is 0 Å². The molecule has 0 aliphatic rings. The second kappa shape index (κ2) is 3.46. The van der Waals surface area contributed by atoms with Gasteiger partial charge in [0.05, 0.1) is 25.4 Å². The van der Waals surface area contributed by atoms with E-state index in [2.05, 4.69) is 14.6 Å². The van der Waals surface area contributed by atoms with E-state index in [1.807, 2.05) is 44.8 Å². The quantitative estimate of drug-likeness (QED) is 0.646. The highest BCUT2D eigenvalue weighted by Gasteiger charge is 2.20. The van der Waals surface area contributed by atoms with Crippen molar-refractivity contribution < 1.29 is 4.57 Å². The second-order valence-electron chi connectivity index (χ2n) is 3.69. The Labute approximate surface area is 89.2 Å². The molecular weight excluding hydrogens is 188 g/mol. The summed E-state index contributed by atoms with van der Waals surface area (Å²) in [6.07, 6.45) is 1.80. The maximum Gasteiger partial charge on any atom is 0.310 e. The molecule has 2 aromatic heterocycles. The lowest BCUT2D eigenvalue weighted by molar-refractivity contribution is -0.667. The van der Waals surface area contributed by atoms with E-state index in [-0.39, 0.29) is 0 Å². The minimum absolute atomic E-state index is 0.959. The van der Waals surface area contributed by atoms with Gasteiger partial charge in [-0.3, -0.25) is 4.98 Å². The van der Waals surface area contributed by atoms with E-state index in [4.69, 9.17) is 0 Å². The summed E-state index contributed by atoms with van der Waals surface area (Å²) < 4.78 is 3.95. The minimum Gasteiger partial charge on any atom is -0.261 e. The third-order valence-corrected chi connectivity index (χ3v) is 2.76. The van der Waals surface area contributed by atoms with Crippen LogP contribution in [0.25, 0.3) is 11.4 Å². The molecule has 2 heterocycles. The number of aryl methyl sites for hydroxylation is 2. The molecule has 0 spiro atoms. The van der Waals surface area contributed by atoms with E-state index in [1.54, 1.807) is 6.20 Å². The van der Waals surface area contributed by atoms with Gasteiger partial charge in [-0.1, -0.05) is 0 Å². The van der Waals surface area contributed by atoms with Crippen molar-refractivity contribution in [2.24, 2.45) is 14.1 Å². The Morgan fingerprint density at radius 3 is 2.60 bits per heavy atom. The zero-order chi connectivity index (χ0) is 11.0. The Morgan fingerprint density at radius 2 is 2.07 bits per heavy atom. The van der Waals surface area contributed by atoms with Gasteiger partial charge in [0.1, 0.15) is 0 Å². The molecule has 0 saturated carbocycles. The molecule has 0 N–H and O–H groups in total. The molecule has 4 heteroatoms. The summed E-state index contributed by atoms with van der Waals surface area (Å²) in [6, 6.07) is 3.98. The molecule has 0 bridgehead atoms. The molecular formula is C11H15N4+. The van der Waals surface area contributed by atoms with Gasteiger partial charge in [-0.15, -0.1) is 4.68 Å². The maximum absolute atomic E-state index is 4.48. The van der Waals surface area contributed by atoms with Crippen molar-refractivity contribution in [2.45, 2.75) is 13.8 Å². The van der Waals surface area contributed by atoms with Crippen molar-refractivity contribution in [2.75, 3.05) is 0 Å². The number of hydrogen-bond acceptors (Lipinski definition) is 2. The summed E-state index contributed by atoms with van der Waals surface area (Å²) in [5.41, 5.74) is 2.09. The van der Waals surface area contributed by atoms with Gasteiger partial charge < -0.3 is 0 Å². The van der Waals surface area contributed by atoms with Crippen molar-refractivity contribution >= 4 is 0 Å². The number of aromatic nitrogens is 4. The molecule has 4 nitrogen and oxygen atoms in total. The Kier molecular flexibility index (Phi) is 2.26. The number of rotatable bonds is 1. The molecule has 2 aromatic rings. The third kappa shape index (κ3) is 1.52. The molecule has 2 rings (SSSR count). The first kappa shape index (κ1) is 9.83. The van der Waals surface area contributed by atoms with Gasteiger partial charge in [-0.2, -0.15) is 0 Å². The molecule has 0 unspecified atom stereocenters. The standard InChI is InChI=1S/C11H15N4/c1-8-10(6-5-7-12-8)11-13-15(4)9(2)14(11)3/h5-7H,1-4H3/q+1. The molecule has 0 radical (unpaired) electrons. The van der Waals surface area contributed by atoms with Crippen LogP contribution in [-0.2, 0) is 14.1 Å². The third-order valence-electron chi connectivity index (χ3n) is 2.76. The van der Waals surface area contributed by atoms with Crippen LogP contribution in [0.4, 0.5) is 0 Å². The summed E-state index contributed by atoms with van der Waals surface area (Å²) in [7, 11) is 3.97. The molecule has 15 heavy (non-hydrogen) atoms. The van der Waals surface area contributed by atoms with E-state index in [1.165, 1.54) is 0 Å². The number of pyridine rings is 1. The smallest absolute Gasteiger partial charge is 0.261 e. The fourth-order valence-corrected chi connectivity index (χ4v) is 1.61. The van der Waals surface area contributed by atoms with E-state index in [0.717, 1.165) is 22.9 Å². The molecule has 0 aliphatic heterocycles. The van der Waals surface area contributed by atoms with Crippen molar-refractivity contribution in [3.8, 4) is 11.4 Å². The van der Waals surface area contributed by atoms with Crippen LogP contribution in [-0.4, -0.2) is 14.8 Å². The van der Waals surface area contributed by atoms with Crippen LogP contribution < -0.4 is 4.57 Å². The zero-order valence-electron chi connectivity index (χ0n) is 9.52. The topological polar surface area (TPSA) is 34.6 Å². The van der Waals surface area contributed by atoms with Gasteiger partial charge >= 0.3 is 5.82 Å². The lowest BCUT2D eigenvalue weighted by Crippen LogP contribution is -2.32. The average molecular weight is 203 g/mol. The molecule has 0 aliphatic carbocycles. The number of nitrogens with zero attached hydrogens (tertiary/aromatic N) is 4. The summed E-state index contributed by atoms with van der Waals surface area (Å²) in [5.74, 6) is 2.08. The Balaban J connectivity index is 2.65. The molecule has 78 valence electrons. The van der Waals surface area contributed by atoms with Crippen LogP contribution in [0.5, 0.6) is 0 Å². The molecule has 0 fully saturated rings. The largest absolute Gasteiger partial charge is 0.310 e. The second-order valence-corrected chi connectivity index (χ2v) is 3.69. The summed E-state index contributed by atoms with van der Waals surface area (Å²) >= 11 is 0. The van der Waals surface area contributed by atoms with Gasteiger partial charge in [0, 0.05) is 18.2 Å². The van der Waals surface area contributed by atoms with Gasteiger partial charge in [-0.05, 0) is 19.1 Å². The fraction of sp³-hybridized carbons (Fsp3) is 0.364. The fourth-order valence-electron chi connectivity index (χ4n) is 1.61. The van der Waals surface area contributed by atoms with Gasteiger partial charge in [0.25, 0.3) is 0 Å². The normalized spacial score (nSPS) is 10.7. The first-order valence-electron chi connectivity index (χ1n) is 4.93. The van der Waals surface area contributed by atoms with Crippen LogP contribution >= 0.6 is 0 Å². The van der Waals surface area contributed by atoms with Gasteiger partial charge in [-0.25, -0.2) is 4.57 Å². The lowest BCUT2D eigenvalue weighted by atomic mass is 10.2. The Bertz CT molecular complexity index is 499. The van der Waals surface area contributed by atoms with Crippen molar-refractivity contribution in [3.63, 3.8) is 0 Å². The highest BCUT2D eigenvalue weighted by atomic mass is 15.4.